The Morgan fingerprint density at radius 3 is 2.80 bits per heavy atom. The number of halogens is 2. The minimum atomic E-state index is 0.564. The molecule has 1 aromatic heterocycles. The lowest BCUT2D eigenvalue weighted by atomic mass is 10.0. The first-order valence-corrected chi connectivity index (χ1v) is 8.71. The van der Waals surface area contributed by atoms with Gasteiger partial charge in [-0.2, -0.15) is 0 Å². The van der Waals surface area contributed by atoms with Crippen molar-refractivity contribution in [1.29, 1.82) is 0 Å². The molecule has 1 aliphatic rings. The van der Waals surface area contributed by atoms with E-state index in [-0.39, 0.29) is 0 Å². The standard InChI is InChI=1S/C15H19ClIN3/c1-19-8-5-12(6-9-19)20-14-3-2-11(17)10-13(14)18-15(20)4-7-16/h2-3,10,12H,4-9H2,1H3. The molecule has 0 N–H and O–H groups in total. The van der Waals surface area contributed by atoms with Crippen molar-refractivity contribution in [2.45, 2.75) is 25.3 Å². The maximum atomic E-state index is 5.97. The lowest BCUT2D eigenvalue weighted by Gasteiger charge is -2.31. The molecule has 0 aliphatic carbocycles. The van der Waals surface area contributed by atoms with Crippen molar-refractivity contribution < 1.29 is 0 Å². The molecule has 108 valence electrons. The number of aromatic nitrogens is 2. The third kappa shape index (κ3) is 2.83. The van der Waals surface area contributed by atoms with Crippen molar-refractivity contribution in [2.24, 2.45) is 0 Å². The minimum Gasteiger partial charge on any atom is -0.325 e. The Kier molecular flexibility index (Phi) is 4.52. The van der Waals surface area contributed by atoms with E-state index >= 15 is 0 Å². The van der Waals surface area contributed by atoms with E-state index in [1.807, 2.05) is 0 Å². The second kappa shape index (κ2) is 6.20. The van der Waals surface area contributed by atoms with Crippen molar-refractivity contribution in [3.8, 4) is 0 Å². The van der Waals surface area contributed by atoms with Gasteiger partial charge < -0.3 is 9.47 Å². The van der Waals surface area contributed by atoms with Crippen LogP contribution in [0.2, 0.25) is 0 Å². The zero-order valence-corrected chi connectivity index (χ0v) is 14.6. The van der Waals surface area contributed by atoms with Gasteiger partial charge in [0.2, 0.25) is 0 Å². The number of benzene rings is 1. The van der Waals surface area contributed by atoms with Crippen LogP contribution in [0.1, 0.15) is 24.7 Å². The number of hydrogen-bond acceptors (Lipinski definition) is 2. The molecule has 0 unspecified atom stereocenters. The Morgan fingerprint density at radius 2 is 2.10 bits per heavy atom. The molecule has 0 saturated carbocycles. The average Bonchev–Trinajstić information content (AvgIpc) is 2.77. The Bertz CT molecular complexity index is 602. The van der Waals surface area contributed by atoms with Gasteiger partial charge >= 0.3 is 0 Å². The van der Waals surface area contributed by atoms with Crippen LogP contribution in [-0.2, 0) is 6.42 Å². The number of rotatable bonds is 3. The van der Waals surface area contributed by atoms with Crippen molar-refractivity contribution in [3.05, 3.63) is 27.6 Å². The van der Waals surface area contributed by atoms with Crippen LogP contribution in [0.5, 0.6) is 0 Å². The summed E-state index contributed by atoms with van der Waals surface area (Å²) in [5, 5.41) is 0. The zero-order chi connectivity index (χ0) is 14.1. The van der Waals surface area contributed by atoms with Crippen LogP contribution in [0, 0.1) is 3.57 Å². The first kappa shape index (κ1) is 14.6. The molecule has 0 radical (unpaired) electrons. The van der Waals surface area contributed by atoms with Crippen LogP contribution in [-0.4, -0.2) is 40.5 Å². The van der Waals surface area contributed by atoms with Crippen LogP contribution in [0.4, 0.5) is 0 Å². The fourth-order valence-electron chi connectivity index (χ4n) is 3.04. The van der Waals surface area contributed by atoms with E-state index in [0.29, 0.717) is 11.9 Å². The van der Waals surface area contributed by atoms with Crippen LogP contribution in [0.3, 0.4) is 0 Å². The molecule has 1 aromatic carbocycles. The molecular formula is C15H19ClIN3. The number of alkyl halides is 1. The highest BCUT2D eigenvalue weighted by Gasteiger charge is 2.22. The summed E-state index contributed by atoms with van der Waals surface area (Å²) in [6.07, 6.45) is 3.24. The summed E-state index contributed by atoms with van der Waals surface area (Å²) in [4.78, 5) is 7.22. The van der Waals surface area contributed by atoms with E-state index in [1.54, 1.807) is 0 Å². The van der Waals surface area contributed by atoms with E-state index in [4.69, 9.17) is 16.6 Å². The van der Waals surface area contributed by atoms with Gasteiger partial charge in [0.15, 0.2) is 0 Å². The molecule has 1 aliphatic heterocycles. The Morgan fingerprint density at radius 1 is 1.35 bits per heavy atom. The lowest BCUT2D eigenvalue weighted by Crippen LogP contribution is -2.32. The number of likely N-dealkylation sites (tertiary alicyclic amines) is 1. The molecule has 0 amide bonds. The smallest absolute Gasteiger partial charge is 0.111 e. The molecule has 0 bridgehead atoms. The summed E-state index contributed by atoms with van der Waals surface area (Å²) in [6.45, 7) is 2.32. The molecule has 2 heterocycles. The van der Waals surface area contributed by atoms with Crippen molar-refractivity contribution >= 4 is 45.2 Å². The molecule has 0 atom stereocenters. The van der Waals surface area contributed by atoms with Gasteiger partial charge in [-0.3, -0.25) is 0 Å². The summed E-state index contributed by atoms with van der Waals surface area (Å²) in [6, 6.07) is 7.11. The van der Waals surface area contributed by atoms with Crippen LogP contribution < -0.4 is 0 Å². The van der Waals surface area contributed by atoms with E-state index in [1.165, 1.54) is 21.9 Å². The molecule has 1 fully saturated rings. The fourth-order valence-corrected chi connectivity index (χ4v) is 3.69. The summed E-state index contributed by atoms with van der Waals surface area (Å²) in [5.74, 6) is 1.78. The number of imidazole rings is 1. The molecular weight excluding hydrogens is 385 g/mol. The maximum Gasteiger partial charge on any atom is 0.111 e. The Labute approximate surface area is 138 Å². The topological polar surface area (TPSA) is 21.1 Å². The number of hydrogen-bond donors (Lipinski definition) is 0. The fraction of sp³-hybridized carbons (Fsp3) is 0.533. The Balaban J connectivity index is 2.04. The molecule has 0 spiro atoms. The van der Waals surface area contributed by atoms with Gasteiger partial charge in [0.25, 0.3) is 0 Å². The predicted molar refractivity (Wildman–Crippen MR) is 92.6 cm³/mol. The molecule has 1 saturated heterocycles. The van der Waals surface area contributed by atoms with E-state index in [0.717, 1.165) is 30.9 Å². The highest BCUT2D eigenvalue weighted by Crippen LogP contribution is 2.29. The van der Waals surface area contributed by atoms with Crippen molar-refractivity contribution in [1.82, 2.24) is 14.5 Å². The number of nitrogens with zero attached hydrogens (tertiary/aromatic N) is 3. The molecule has 5 heteroatoms. The van der Waals surface area contributed by atoms with Crippen LogP contribution in [0.15, 0.2) is 18.2 Å². The number of fused-ring (bicyclic) bond motifs is 1. The van der Waals surface area contributed by atoms with Gasteiger partial charge in [0.1, 0.15) is 5.82 Å². The molecule has 3 rings (SSSR count). The largest absolute Gasteiger partial charge is 0.325 e. The van der Waals surface area contributed by atoms with Gasteiger partial charge in [0, 0.05) is 21.9 Å². The first-order valence-electron chi connectivity index (χ1n) is 7.10. The second-order valence-corrected chi connectivity index (χ2v) is 7.13. The highest BCUT2D eigenvalue weighted by molar-refractivity contribution is 14.1. The van der Waals surface area contributed by atoms with E-state index < -0.39 is 0 Å². The third-order valence-corrected chi connectivity index (χ3v) is 4.96. The minimum absolute atomic E-state index is 0.564. The number of piperidine rings is 1. The SMILES string of the molecule is CN1CCC(n2c(CCCl)nc3cc(I)ccc32)CC1. The van der Waals surface area contributed by atoms with Crippen LogP contribution >= 0.6 is 34.2 Å². The van der Waals surface area contributed by atoms with Crippen molar-refractivity contribution in [3.63, 3.8) is 0 Å². The summed E-state index contributed by atoms with van der Waals surface area (Å²) in [7, 11) is 2.20. The summed E-state index contributed by atoms with van der Waals surface area (Å²) >= 11 is 8.31. The highest BCUT2D eigenvalue weighted by atomic mass is 127. The number of aryl methyl sites for hydroxylation is 1. The van der Waals surface area contributed by atoms with Gasteiger partial charge in [-0.15, -0.1) is 11.6 Å². The lowest BCUT2D eigenvalue weighted by molar-refractivity contribution is 0.221. The van der Waals surface area contributed by atoms with Crippen molar-refractivity contribution in [2.75, 3.05) is 26.0 Å². The monoisotopic (exact) mass is 403 g/mol. The normalized spacial score (nSPS) is 17.9. The van der Waals surface area contributed by atoms with Gasteiger partial charge in [-0.05, 0) is 73.8 Å². The third-order valence-electron chi connectivity index (χ3n) is 4.10. The molecule has 20 heavy (non-hydrogen) atoms. The van der Waals surface area contributed by atoms with Crippen LogP contribution in [0.25, 0.3) is 11.0 Å². The van der Waals surface area contributed by atoms with Gasteiger partial charge in [0.05, 0.1) is 11.0 Å². The average molecular weight is 404 g/mol. The second-order valence-electron chi connectivity index (χ2n) is 5.50. The van der Waals surface area contributed by atoms with E-state index in [2.05, 4.69) is 57.3 Å². The van der Waals surface area contributed by atoms with Gasteiger partial charge in [-0.1, -0.05) is 0 Å². The zero-order valence-electron chi connectivity index (χ0n) is 11.6. The quantitative estimate of drug-likeness (QED) is 0.576. The predicted octanol–water partition coefficient (Wildman–Crippen LogP) is 3.69. The Hall–Kier alpha value is -0.330. The van der Waals surface area contributed by atoms with E-state index in [9.17, 15) is 0 Å². The summed E-state index contributed by atoms with van der Waals surface area (Å²) in [5.41, 5.74) is 2.37. The first-order chi connectivity index (χ1) is 9.69. The molecule has 3 nitrogen and oxygen atoms in total. The molecule has 2 aromatic rings. The van der Waals surface area contributed by atoms with Gasteiger partial charge in [-0.25, -0.2) is 4.98 Å². The maximum absolute atomic E-state index is 5.97. The summed E-state index contributed by atoms with van der Waals surface area (Å²) < 4.78 is 3.68.